The number of halogens is 2. The lowest BCUT2D eigenvalue weighted by atomic mass is 9.95. The number of carbonyl (C=O) groups is 1. The zero-order valence-corrected chi connectivity index (χ0v) is 16.4. The highest BCUT2D eigenvalue weighted by Crippen LogP contribution is 2.24. The van der Waals surface area contributed by atoms with Gasteiger partial charge in [0.1, 0.15) is 0 Å². The van der Waals surface area contributed by atoms with Gasteiger partial charge in [-0.25, -0.2) is 0 Å². The Hall–Kier alpha value is -0.140. The summed E-state index contributed by atoms with van der Waals surface area (Å²) in [6, 6.07) is 4.24. The van der Waals surface area contributed by atoms with E-state index in [1.165, 1.54) is 8.66 Å². The van der Waals surface area contributed by atoms with E-state index in [1.54, 1.807) is 11.3 Å². The molecule has 0 saturated carbocycles. The van der Waals surface area contributed by atoms with E-state index in [2.05, 4.69) is 39.9 Å². The van der Waals surface area contributed by atoms with E-state index < -0.39 is 5.54 Å². The zero-order chi connectivity index (χ0) is 15.5. The lowest BCUT2D eigenvalue weighted by Crippen LogP contribution is -2.58. The van der Waals surface area contributed by atoms with Crippen molar-refractivity contribution in [3.05, 3.63) is 20.8 Å². The molecule has 22 heavy (non-hydrogen) atoms. The summed E-state index contributed by atoms with van der Waals surface area (Å²) in [6.07, 6.45) is 1.68. The maximum absolute atomic E-state index is 12.5. The van der Waals surface area contributed by atoms with Crippen molar-refractivity contribution in [3.63, 3.8) is 0 Å². The van der Waals surface area contributed by atoms with Crippen molar-refractivity contribution >= 4 is 45.6 Å². The lowest BCUT2D eigenvalue weighted by Gasteiger charge is -2.38. The van der Waals surface area contributed by atoms with Gasteiger partial charge in [-0.2, -0.15) is 0 Å². The number of hydrogen-bond acceptors (Lipinski definition) is 4. The van der Waals surface area contributed by atoms with Gasteiger partial charge in [-0.15, -0.1) is 23.7 Å². The highest BCUT2D eigenvalue weighted by Gasteiger charge is 2.33. The second-order valence-electron chi connectivity index (χ2n) is 5.94. The Morgan fingerprint density at radius 2 is 2.00 bits per heavy atom. The normalized spacial score (nSPS) is 18.6. The average Bonchev–Trinajstić information content (AvgIpc) is 2.84. The summed E-state index contributed by atoms with van der Waals surface area (Å²) in [5.41, 5.74) is 5.44. The molecule has 1 amide bonds. The highest BCUT2D eigenvalue weighted by atomic mass is 79.9. The third-order valence-electron chi connectivity index (χ3n) is 3.93. The van der Waals surface area contributed by atoms with Gasteiger partial charge in [-0.3, -0.25) is 9.69 Å². The van der Waals surface area contributed by atoms with Gasteiger partial charge in [0.05, 0.1) is 9.33 Å². The fourth-order valence-corrected chi connectivity index (χ4v) is 4.28. The first-order valence-corrected chi connectivity index (χ1v) is 9.08. The van der Waals surface area contributed by atoms with Gasteiger partial charge in [0, 0.05) is 37.6 Å². The molecule has 1 saturated heterocycles. The first kappa shape index (κ1) is 19.9. The Morgan fingerprint density at radius 3 is 2.50 bits per heavy atom. The first-order valence-electron chi connectivity index (χ1n) is 7.47. The van der Waals surface area contributed by atoms with Gasteiger partial charge >= 0.3 is 0 Å². The third kappa shape index (κ3) is 5.20. The van der Waals surface area contributed by atoms with Crippen LogP contribution in [-0.4, -0.2) is 47.4 Å². The number of rotatable bonds is 5. The molecular formula is C15H25BrClN3OS. The Labute approximate surface area is 151 Å². The van der Waals surface area contributed by atoms with Crippen LogP contribution in [0.1, 0.15) is 31.6 Å². The molecule has 2 N–H and O–H groups in total. The molecule has 4 nitrogen and oxygen atoms in total. The van der Waals surface area contributed by atoms with Crippen LogP contribution in [0.15, 0.2) is 15.9 Å². The Bertz CT molecular complexity index is 487. The molecule has 2 rings (SSSR count). The van der Waals surface area contributed by atoms with E-state index in [1.807, 2.05) is 11.8 Å². The standard InChI is InChI=1S/C15H24BrN3OS.ClH/c1-3-6-15(2,17)14(20)19-9-7-18(8-10-19)11-12-4-5-13(16)21-12;/h4-5H,3,6-11,17H2,1-2H3;1H. The summed E-state index contributed by atoms with van der Waals surface area (Å²) in [7, 11) is 0. The second kappa shape index (κ2) is 8.64. The molecule has 1 unspecified atom stereocenters. The Kier molecular flexibility index (Phi) is 7.82. The molecule has 1 aliphatic heterocycles. The van der Waals surface area contributed by atoms with Crippen molar-refractivity contribution in [2.24, 2.45) is 5.73 Å². The topological polar surface area (TPSA) is 49.6 Å². The largest absolute Gasteiger partial charge is 0.339 e. The molecular weight excluding hydrogens is 386 g/mol. The lowest BCUT2D eigenvalue weighted by molar-refractivity contribution is -0.138. The molecule has 0 bridgehead atoms. The molecule has 1 fully saturated rings. The maximum Gasteiger partial charge on any atom is 0.242 e. The van der Waals surface area contributed by atoms with Crippen molar-refractivity contribution in [2.45, 2.75) is 38.8 Å². The maximum atomic E-state index is 12.5. The number of hydrogen-bond donors (Lipinski definition) is 1. The molecule has 0 aromatic carbocycles. The van der Waals surface area contributed by atoms with E-state index in [0.717, 1.165) is 45.6 Å². The number of piperazine rings is 1. The van der Waals surface area contributed by atoms with Gasteiger partial charge in [-0.05, 0) is 41.4 Å². The smallest absolute Gasteiger partial charge is 0.242 e. The van der Waals surface area contributed by atoms with Crippen LogP contribution in [0.4, 0.5) is 0 Å². The summed E-state index contributed by atoms with van der Waals surface area (Å²) >= 11 is 5.27. The fourth-order valence-electron chi connectivity index (χ4n) is 2.75. The summed E-state index contributed by atoms with van der Waals surface area (Å²) < 4.78 is 1.17. The van der Waals surface area contributed by atoms with Crippen LogP contribution < -0.4 is 5.73 Å². The number of amides is 1. The molecule has 1 atom stereocenters. The summed E-state index contributed by atoms with van der Waals surface area (Å²) in [5, 5.41) is 0. The molecule has 126 valence electrons. The Balaban J connectivity index is 0.00000242. The number of thiophene rings is 1. The average molecular weight is 411 g/mol. The fraction of sp³-hybridized carbons (Fsp3) is 0.667. The van der Waals surface area contributed by atoms with E-state index in [4.69, 9.17) is 5.73 Å². The molecule has 0 spiro atoms. The minimum Gasteiger partial charge on any atom is -0.339 e. The van der Waals surface area contributed by atoms with Crippen LogP contribution in [0, 0.1) is 0 Å². The number of nitrogens with zero attached hydrogens (tertiary/aromatic N) is 2. The van der Waals surface area contributed by atoms with Crippen LogP contribution in [0.2, 0.25) is 0 Å². The van der Waals surface area contributed by atoms with Gasteiger partial charge in [0.2, 0.25) is 5.91 Å². The molecule has 1 aromatic rings. The van der Waals surface area contributed by atoms with Crippen LogP contribution >= 0.6 is 39.7 Å². The van der Waals surface area contributed by atoms with Crippen molar-refractivity contribution in [1.29, 1.82) is 0 Å². The summed E-state index contributed by atoms with van der Waals surface area (Å²) in [5.74, 6) is 0.0999. The molecule has 0 aliphatic carbocycles. The van der Waals surface area contributed by atoms with E-state index >= 15 is 0 Å². The first-order chi connectivity index (χ1) is 9.92. The molecule has 2 heterocycles. The Morgan fingerprint density at radius 1 is 1.36 bits per heavy atom. The SMILES string of the molecule is CCCC(C)(N)C(=O)N1CCN(Cc2ccc(Br)s2)CC1.Cl. The van der Waals surface area contributed by atoms with Crippen LogP contribution in [0.5, 0.6) is 0 Å². The zero-order valence-electron chi connectivity index (χ0n) is 13.2. The summed E-state index contributed by atoms with van der Waals surface area (Å²) in [6.45, 7) is 8.29. The van der Waals surface area contributed by atoms with Gasteiger partial charge in [0.25, 0.3) is 0 Å². The molecule has 1 aliphatic rings. The van der Waals surface area contributed by atoms with Gasteiger partial charge < -0.3 is 10.6 Å². The third-order valence-corrected chi connectivity index (χ3v) is 5.53. The minimum atomic E-state index is -0.713. The van der Waals surface area contributed by atoms with E-state index in [0.29, 0.717) is 0 Å². The quantitative estimate of drug-likeness (QED) is 0.811. The van der Waals surface area contributed by atoms with Crippen molar-refractivity contribution in [1.82, 2.24) is 9.80 Å². The van der Waals surface area contributed by atoms with Crippen LogP contribution in [-0.2, 0) is 11.3 Å². The summed E-state index contributed by atoms with van der Waals surface area (Å²) in [4.78, 5) is 18.1. The monoisotopic (exact) mass is 409 g/mol. The van der Waals surface area contributed by atoms with Crippen LogP contribution in [0.25, 0.3) is 0 Å². The molecule has 1 aromatic heterocycles. The van der Waals surface area contributed by atoms with Crippen molar-refractivity contribution in [3.8, 4) is 0 Å². The molecule has 7 heteroatoms. The highest BCUT2D eigenvalue weighted by molar-refractivity contribution is 9.11. The van der Waals surface area contributed by atoms with Crippen molar-refractivity contribution in [2.75, 3.05) is 26.2 Å². The predicted octanol–water partition coefficient (Wildman–Crippen LogP) is 3.09. The van der Waals surface area contributed by atoms with Crippen molar-refractivity contribution < 1.29 is 4.79 Å². The molecule has 0 radical (unpaired) electrons. The number of nitrogens with two attached hydrogens (primary N) is 1. The predicted molar refractivity (Wildman–Crippen MR) is 98.6 cm³/mol. The number of carbonyl (C=O) groups excluding carboxylic acids is 1. The minimum absolute atomic E-state index is 0. The van der Waals surface area contributed by atoms with Gasteiger partial charge in [0.15, 0.2) is 0 Å². The van der Waals surface area contributed by atoms with E-state index in [9.17, 15) is 4.79 Å². The van der Waals surface area contributed by atoms with E-state index in [-0.39, 0.29) is 18.3 Å². The van der Waals surface area contributed by atoms with Gasteiger partial charge in [-0.1, -0.05) is 13.3 Å². The second-order valence-corrected chi connectivity index (χ2v) is 8.49. The van der Waals surface area contributed by atoms with Crippen LogP contribution in [0.3, 0.4) is 0 Å².